The van der Waals surface area contributed by atoms with E-state index in [-0.39, 0.29) is 12.1 Å². The molecule has 1 aliphatic rings. The third-order valence-electron chi connectivity index (χ3n) is 4.05. The van der Waals surface area contributed by atoms with E-state index in [1.807, 2.05) is 6.92 Å². The van der Waals surface area contributed by atoms with Crippen LogP contribution in [0.3, 0.4) is 0 Å². The average molecular weight is 305 g/mol. The summed E-state index contributed by atoms with van der Waals surface area (Å²) in [7, 11) is -1.61. The van der Waals surface area contributed by atoms with Gasteiger partial charge in [-0.25, -0.2) is 0 Å². The summed E-state index contributed by atoms with van der Waals surface area (Å²) in [5.41, 5.74) is 0. The van der Waals surface area contributed by atoms with Gasteiger partial charge in [0.1, 0.15) is 0 Å². The lowest BCUT2D eigenvalue weighted by Crippen LogP contribution is -2.47. The van der Waals surface area contributed by atoms with Gasteiger partial charge in [0.2, 0.25) is 0 Å². The van der Waals surface area contributed by atoms with Gasteiger partial charge in [0, 0.05) is 31.7 Å². The topological polar surface area (TPSA) is 52.7 Å². The minimum Gasteiger partial charge on any atom is -0.314 e. The minimum atomic E-state index is -3.31. The fourth-order valence-corrected chi connectivity index (χ4v) is 4.69. The Morgan fingerprint density at radius 3 is 2.55 bits per heavy atom. The first kappa shape index (κ1) is 17.9. The number of nitrogens with zero attached hydrogens (tertiary/aromatic N) is 2. The van der Waals surface area contributed by atoms with Crippen LogP contribution in [0.5, 0.6) is 0 Å². The quantitative estimate of drug-likeness (QED) is 0.696. The first-order valence-electron chi connectivity index (χ1n) is 7.78. The highest BCUT2D eigenvalue weighted by Crippen LogP contribution is 2.30. The molecule has 1 rings (SSSR count). The summed E-state index contributed by atoms with van der Waals surface area (Å²) >= 11 is 0. The molecule has 120 valence electrons. The van der Waals surface area contributed by atoms with Gasteiger partial charge in [-0.2, -0.15) is 17.0 Å². The van der Waals surface area contributed by atoms with E-state index in [9.17, 15) is 8.42 Å². The second-order valence-corrected chi connectivity index (χ2v) is 8.05. The van der Waals surface area contributed by atoms with E-state index in [4.69, 9.17) is 0 Å². The first-order valence-corrected chi connectivity index (χ1v) is 9.18. The van der Waals surface area contributed by atoms with E-state index in [0.29, 0.717) is 12.6 Å². The molecule has 1 aliphatic heterocycles. The SMILES string of the molecule is CCC1CCC(C)N1S(=O)(=O)N(C)CCCNC(C)C. The van der Waals surface area contributed by atoms with Gasteiger partial charge < -0.3 is 5.32 Å². The van der Waals surface area contributed by atoms with Crippen LogP contribution in [0, 0.1) is 0 Å². The smallest absolute Gasteiger partial charge is 0.282 e. The lowest BCUT2D eigenvalue weighted by atomic mass is 10.2. The highest BCUT2D eigenvalue weighted by molar-refractivity contribution is 7.86. The first-order chi connectivity index (χ1) is 9.30. The molecule has 20 heavy (non-hydrogen) atoms. The van der Waals surface area contributed by atoms with Gasteiger partial charge in [-0.05, 0) is 39.2 Å². The molecule has 0 radical (unpaired) electrons. The maximum Gasteiger partial charge on any atom is 0.282 e. The van der Waals surface area contributed by atoms with Gasteiger partial charge in [0.05, 0.1) is 0 Å². The zero-order valence-electron chi connectivity index (χ0n) is 13.6. The van der Waals surface area contributed by atoms with Gasteiger partial charge in [-0.15, -0.1) is 0 Å². The highest BCUT2D eigenvalue weighted by atomic mass is 32.2. The summed E-state index contributed by atoms with van der Waals surface area (Å²) in [4.78, 5) is 0. The number of rotatable bonds is 8. The van der Waals surface area contributed by atoms with Crippen molar-refractivity contribution < 1.29 is 8.42 Å². The van der Waals surface area contributed by atoms with Crippen LogP contribution in [-0.4, -0.2) is 55.3 Å². The molecule has 0 amide bonds. The van der Waals surface area contributed by atoms with Crippen molar-refractivity contribution in [2.24, 2.45) is 0 Å². The van der Waals surface area contributed by atoms with E-state index in [0.717, 1.165) is 32.2 Å². The van der Waals surface area contributed by atoms with Gasteiger partial charge in [0.15, 0.2) is 0 Å². The van der Waals surface area contributed by atoms with E-state index in [1.54, 1.807) is 11.4 Å². The van der Waals surface area contributed by atoms with Gasteiger partial charge >= 0.3 is 0 Å². The van der Waals surface area contributed by atoms with Crippen molar-refractivity contribution >= 4 is 10.2 Å². The van der Waals surface area contributed by atoms with E-state index < -0.39 is 10.2 Å². The van der Waals surface area contributed by atoms with Crippen molar-refractivity contribution in [3.8, 4) is 0 Å². The predicted octanol–water partition coefficient (Wildman–Crippen LogP) is 1.81. The standard InChI is InChI=1S/C14H31N3O2S/c1-6-14-9-8-13(4)17(14)20(18,19)16(5)11-7-10-15-12(2)3/h12-15H,6-11H2,1-5H3. The van der Waals surface area contributed by atoms with Crippen molar-refractivity contribution in [2.45, 2.75) is 71.5 Å². The monoisotopic (exact) mass is 305 g/mol. The minimum absolute atomic E-state index is 0.126. The molecular weight excluding hydrogens is 274 g/mol. The number of hydrogen-bond acceptors (Lipinski definition) is 3. The third-order valence-corrected chi connectivity index (χ3v) is 6.21. The summed E-state index contributed by atoms with van der Waals surface area (Å²) in [6.07, 6.45) is 3.69. The Labute approximate surface area is 124 Å². The van der Waals surface area contributed by atoms with Crippen LogP contribution in [0.1, 0.15) is 53.4 Å². The van der Waals surface area contributed by atoms with E-state index in [1.165, 1.54) is 4.31 Å². The molecule has 0 aliphatic carbocycles. The molecule has 0 aromatic heterocycles. The zero-order valence-corrected chi connectivity index (χ0v) is 14.4. The molecule has 0 aromatic carbocycles. The van der Waals surface area contributed by atoms with Gasteiger partial charge in [-0.3, -0.25) is 0 Å². The van der Waals surface area contributed by atoms with Crippen LogP contribution in [0.25, 0.3) is 0 Å². The Kier molecular flexibility index (Phi) is 6.91. The van der Waals surface area contributed by atoms with Gasteiger partial charge in [0.25, 0.3) is 10.2 Å². The molecule has 1 N–H and O–H groups in total. The second kappa shape index (κ2) is 7.73. The van der Waals surface area contributed by atoms with Crippen LogP contribution < -0.4 is 5.32 Å². The van der Waals surface area contributed by atoms with Crippen molar-refractivity contribution in [3.05, 3.63) is 0 Å². The molecule has 1 saturated heterocycles. The van der Waals surface area contributed by atoms with Crippen molar-refractivity contribution in [1.82, 2.24) is 13.9 Å². The number of hydrogen-bond donors (Lipinski definition) is 1. The maximum absolute atomic E-state index is 12.7. The molecule has 6 heteroatoms. The molecule has 0 saturated carbocycles. The Hall–Kier alpha value is -0.170. The summed E-state index contributed by atoms with van der Waals surface area (Å²) in [6, 6.07) is 0.743. The van der Waals surface area contributed by atoms with Gasteiger partial charge in [-0.1, -0.05) is 20.8 Å². The zero-order chi connectivity index (χ0) is 15.3. The van der Waals surface area contributed by atoms with E-state index in [2.05, 4.69) is 26.1 Å². The molecule has 2 atom stereocenters. The van der Waals surface area contributed by atoms with Crippen molar-refractivity contribution in [1.29, 1.82) is 0 Å². The largest absolute Gasteiger partial charge is 0.314 e. The Bertz CT molecular complexity index is 384. The molecular formula is C14H31N3O2S. The number of nitrogens with one attached hydrogen (secondary N) is 1. The molecule has 1 heterocycles. The third kappa shape index (κ3) is 4.41. The predicted molar refractivity (Wildman–Crippen MR) is 83.9 cm³/mol. The average Bonchev–Trinajstić information content (AvgIpc) is 2.75. The molecule has 0 bridgehead atoms. The molecule has 0 aromatic rings. The van der Waals surface area contributed by atoms with Crippen LogP contribution in [0.15, 0.2) is 0 Å². The van der Waals surface area contributed by atoms with E-state index >= 15 is 0 Å². The van der Waals surface area contributed by atoms with Crippen LogP contribution >= 0.6 is 0 Å². The maximum atomic E-state index is 12.7. The second-order valence-electron chi connectivity index (χ2n) is 6.11. The fourth-order valence-electron chi connectivity index (χ4n) is 2.82. The summed E-state index contributed by atoms with van der Waals surface area (Å²) in [6.45, 7) is 9.70. The molecule has 0 spiro atoms. The lowest BCUT2D eigenvalue weighted by Gasteiger charge is -2.31. The highest BCUT2D eigenvalue weighted by Gasteiger charge is 2.40. The molecule has 5 nitrogen and oxygen atoms in total. The van der Waals surface area contributed by atoms with Crippen molar-refractivity contribution in [2.75, 3.05) is 20.1 Å². The summed E-state index contributed by atoms with van der Waals surface area (Å²) in [5.74, 6) is 0. The fraction of sp³-hybridized carbons (Fsp3) is 1.00. The Balaban J connectivity index is 2.58. The van der Waals surface area contributed by atoms with Crippen molar-refractivity contribution in [3.63, 3.8) is 0 Å². The van der Waals surface area contributed by atoms with Crippen LogP contribution in [0.4, 0.5) is 0 Å². The summed E-state index contributed by atoms with van der Waals surface area (Å²) in [5, 5.41) is 3.32. The Morgan fingerprint density at radius 1 is 1.35 bits per heavy atom. The lowest BCUT2D eigenvalue weighted by molar-refractivity contribution is 0.296. The van der Waals surface area contributed by atoms with Crippen LogP contribution in [0.2, 0.25) is 0 Å². The normalized spacial score (nSPS) is 24.9. The summed E-state index contributed by atoms with van der Waals surface area (Å²) < 4.78 is 28.6. The molecule has 1 fully saturated rings. The Morgan fingerprint density at radius 2 is 2.00 bits per heavy atom. The molecule has 2 unspecified atom stereocenters. The van der Waals surface area contributed by atoms with Crippen LogP contribution in [-0.2, 0) is 10.2 Å².